The van der Waals surface area contributed by atoms with Crippen molar-refractivity contribution in [3.05, 3.63) is 48.3 Å². The third-order valence-corrected chi connectivity index (χ3v) is 6.04. The molecule has 4 heteroatoms. The predicted octanol–water partition coefficient (Wildman–Crippen LogP) is 3.12. The molecular weight excluding hydrogens is 268 g/mol. The Morgan fingerprint density at radius 1 is 1.15 bits per heavy atom. The summed E-state index contributed by atoms with van der Waals surface area (Å²) in [5.74, 6) is 0. The number of fused-ring (bicyclic) bond motifs is 2. The standard InChI is InChI=1S/C16H18N2OS/c19-16(8-14-6-7-15(9-16)20-14)12-10-17-18(11-12)13-4-2-1-3-5-13/h1-5,10-11,14-15,19H,6-9H2. The van der Waals surface area contributed by atoms with Gasteiger partial charge in [-0.1, -0.05) is 18.2 Å². The van der Waals surface area contributed by atoms with Gasteiger partial charge in [-0.25, -0.2) is 4.68 Å². The lowest BCUT2D eigenvalue weighted by Crippen LogP contribution is -2.34. The highest BCUT2D eigenvalue weighted by atomic mass is 32.2. The van der Waals surface area contributed by atoms with E-state index in [1.54, 1.807) is 0 Å². The third kappa shape index (κ3) is 2.07. The van der Waals surface area contributed by atoms with Crippen molar-refractivity contribution >= 4 is 11.8 Å². The number of para-hydroxylation sites is 1. The van der Waals surface area contributed by atoms with Gasteiger partial charge in [0.25, 0.3) is 0 Å². The third-order valence-electron chi connectivity index (χ3n) is 4.47. The SMILES string of the molecule is OC1(c2cnn(-c3ccccc3)c2)CC2CCC(C1)S2. The number of nitrogens with zero attached hydrogens (tertiary/aromatic N) is 2. The second-order valence-electron chi connectivity index (χ2n) is 5.91. The zero-order chi connectivity index (χ0) is 13.6. The van der Waals surface area contributed by atoms with Gasteiger partial charge in [0.15, 0.2) is 0 Å². The summed E-state index contributed by atoms with van der Waals surface area (Å²) in [5, 5.41) is 16.7. The Labute approximate surface area is 123 Å². The van der Waals surface area contributed by atoms with Crippen LogP contribution in [0.25, 0.3) is 5.69 Å². The molecule has 2 bridgehead atoms. The minimum Gasteiger partial charge on any atom is -0.385 e. The Morgan fingerprint density at radius 2 is 1.85 bits per heavy atom. The van der Waals surface area contributed by atoms with Crippen molar-refractivity contribution < 1.29 is 5.11 Å². The van der Waals surface area contributed by atoms with Gasteiger partial charge in [0, 0.05) is 22.3 Å². The molecule has 3 nitrogen and oxygen atoms in total. The summed E-state index contributed by atoms with van der Waals surface area (Å²) in [6, 6.07) is 10.1. The number of aliphatic hydroxyl groups is 1. The molecule has 1 aromatic heterocycles. The van der Waals surface area contributed by atoms with Gasteiger partial charge in [0.2, 0.25) is 0 Å². The maximum Gasteiger partial charge on any atom is 0.0948 e. The van der Waals surface area contributed by atoms with Crippen molar-refractivity contribution in [3.8, 4) is 5.69 Å². The van der Waals surface area contributed by atoms with Gasteiger partial charge in [-0.05, 0) is 37.8 Å². The summed E-state index contributed by atoms with van der Waals surface area (Å²) >= 11 is 2.07. The maximum absolute atomic E-state index is 11.0. The summed E-state index contributed by atoms with van der Waals surface area (Å²) < 4.78 is 1.86. The molecule has 0 saturated carbocycles. The summed E-state index contributed by atoms with van der Waals surface area (Å²) in [6.07, 6.45) is 8.07. The predicted molar refractivity (Wildman–Crippen MR) is 81.1 cm³/mol. The summed E-state index contributed by atoms with van der Waals surface area (Å²) in [4.78, 5) is 0. The Balaban J connectivity index is 1.65. The Kier molecular flexibility index (Phi) is 2.89. The second-order valence-corrected chi connectivity index (χ2v) is 7.51. The molecule has 1 aromatic carbocycles. The van der Waals surface area contributed by atoms with Gasteiger partial charge in [-0.2, -0.15) is 16.9 Å². The van der Waals surface area contributed by atoms with Crippen LogP contribution in [0.5, 0.6) is 0 Å². The highest BCUT2D eigenvalue weighted by Gasteiger charge is 2.44. The van der Waals surface area contributed by atoms with Crippen LogP contribution in [0, 0.1) is 0 Å². The first kappa shape index (κ1) is 12.5. The lowest BCUT2D eigenvalue weighted by Gasteiger charge is -2.35. The van der Waals surface area contributed by atoms with Gasteiger partial charge in [-0.15, -0.1) is 0 Å². The molecule has 2 unspecified atom stereocenters. The van der Waals surface area contributed by atoms with Crippen LogP contribution in [0.4, 0.5) is 0 Å². The number of hydrogen-bond donors (Lipinski definition) is 1. The fourth-order valence-electron chi connectivity index (χ4n) is 3.44. The van der Waals surface area contributed by atoms with Crippen molar-refractivity contribution in [2.24, 2.45) is 0 Å². The Bertz CT molecular complexity index is 598. The average Bonchev–Trinajstić information content (AvgIpc) is 3.08. The van der Waals surface area contributed by atoms with E-state index in [1.165, 1.54) is 12.8 Å². The highest BCUT2D eigenvalue weighted by Crippen LogP contribution is 2.51. The fourth-order valence-corrected chi connectivity index (χ4v) is 5.27. The van der Waals surface area contributed by atoms with E-state index in [0.717, 1.165) is 24.1 Å². The number of benzene rings is 1. The first-order valence-corrected chi connectivity index (χ1v) is 8.16. The van der Waals surface area contributed by atoms with E-state index in [2.05, 4.69) is 16.9 Å². The van der Waals surface area contributed by atoms with Crippen molar-refractivity contribution in [3.63, 3.8) is 0 Å². The average molecular weight is 286 g/mol. The van der Waals surface area contributed by atoms with Crippen LogP contribution >= 0.6 is 11.8 Å². The van der Waals surface area contributed by atoms with Crippen LogP contribution in [-0.2, 0) is 5.60 Å². The largest absolute Gasteiger partial charge is 0.385 e. The molecule has 2 aromatic rings. The quantitative estimate of drug-likeness (QED) is 0.922. The molecule has 0 aliphatic carbocycles. The van der Waals surface area contributed by atoms with E-state index in [1.807, 2.05) is 47.4 Å². The zero-order valence-corrected chi connectivity index (χ0v) is 12.1. The van der Waals surface area contributed by atoms with E-state index >= 15 is 0 Å². The first-order chi connectivity index (χ1) is 9.73. The monoisotopic (exact) mass is 286 g/mol. The number of hydrogen-bond acceptors (Lipinski definition) is 3. The lowest BCUT2D eigenvalue weighted by atomic mass is 9.88. The molecule has 4 rings (SSSR count). The van der Waals surface area contributed by atoms with Crippen molar-refractivity contribution in [1.82, 2.24) is 9.78 Å². The fraction of sp³-hybridized carbons (Fsp3) is 0.438. The van der Waals surface area contributed by atoms with E-state index in [0.29, 0.717) is 10.5 Å². The molecule has 2 aliphatic rings. The molecule has 2 aliphatic heterocycles. The van der Waals surface area contributed by atoms with E-state index in [4.69, 9.17) is 0 Å². The maximum atomic E-state index is 11.0. The van der Waals surface area contributed by atoms with Gasteiger partial charge in [0.05, 0.1) is 17.5 Å². The molecule has 0 radical (unpaired) electrons. The molecule has 2 saturated heterocycles. The molecule has 2 atom stereocenters. The van der Waals surface area contributed by atoms with Crippen LogP contribution in [-0.4, -0.2) is 25.4 Å². The smallest absolute Gasteiger partial charge is 0.0948 e. The van der Waals surface area contributed by atoms with E-state index in [-0.39, 0.29) is 0 Å². The van der Waals surface area contributed by atoms with Crippen LogP contribution in [0.2, 0.25) is 0 Å². The topological polar surface area (TPSA) is 38.1 Å². The van der Waals surface area contributed by atoms with Gasteiger partial charge in [0.1, 0.15) is 0 Å². The first-order valence-electron chi connectivity index (χ1n) is 7.21. The second kappa shape index (κ2) is 4.64. The molecule has 20 heavy (non-hydrogen) atoms. The highest BCUT2D eigenvalue weighted by molar-refractivity contribution is 8.00. The van der Waals surface area contributed by atoms with Crippen LogP contribution in [0.3, 0.4) is 0 Å². The number of aromatic nitrogens is 2. The van der Waals surface area contributed by atoms with Crippen molar-refractivity contribution in [2.45, 2.75) is 41.8 Å². The van der Waals surface area contributed by atoms with Gasteiger partial charge < -0.3 is 5.11 Å². The van der Waals surface area contributed by atoms with Crippen molar-refractivity contribution in [1.29, 1.82) is 0 Å². The number of thioether (sulfide) groups is 1. The Morgan fingerprint density at radius 3 is 2.55 bits per heavy atom. The molecule has 2 fully saturated rings. The molecular formula is C16H18N2OS. The minimum atomic E-state index is -0.676. The number of rotatable bonds is 2. The molecule has 104 valence electrons. The van der Waals surface area contributed by atoms with E-state index in [9.17, 15) is 5.11 Å². The molecule has 3 heterocycles. The lowest BCUT2D eigenvalue weighted by molar-refractivity contribution is 0.0196. The summed E-state index contributed by atoms with van der Waals surface area (Å²) in [6.45, 7) is 0. The molecule has 1 N–H and O–H groups in total. The summed E-state index contributed by atoms with van der Waals surface area (Å²) in [5.41, 5.74) is 1.33. The summed E-state index contributed by atoms with van der Waals surface area (Å²) in [7, 11) is 0. The Hall–Kier alpha value is -1.26. The van der Waals surface area contributed by atoms with E-state index < -0.39 is 5.60 Å². The minimum absolute atomic E-state index is 0.624. The zero-order valence-electron chi connectivity index (χ0n) is 11.3. The normalized spacial score (nSPS) is 32.5. The van der Waals surface area contributed by atoms with Crippen LogP contribution in [0.1, 0.15) is 31.2 Å². The van der Waals surface area contributed by atoms with Gasteiger partial charge in [-0.3, -0.25) is 0 Å². The van der Waals surface area contributed by atoms with Crippen molar-refractivity contribution in [2.75, 3.05) is 0 Å². The molecule has 0 amide bonds. The molecule has 0 spiro atoms. The van der Waals surface area contributed by atoms with Crippen LogP contribution < -0.4 is 0 Å². The van der Waals surface area contributed by atoms with Gasteiger partial charge >= 0.3 is 0 Å². The van der Waals surface area contributed by atoms with Crippen LogP contribution in [0.15, 0.2) is 42.7 Å².